The van der Waals surface area contributed by atoms with Gasteiger partial charge in [0.2, 0.25) is 0 Å². The van der Waals surface area contributed by atoms with Gasteiger partial charge < -0.3 is 14.5 Å². The second-order valence-electron chi connectivity index (χ2n) is 9.23. The molecule has 0 radical (unpaired) electrons. The lowest BCUT2D eigenvalue weighted by molar-refractivity contribution is -0.128. The van der Waals surface area contributed by atoms with Gasteiger partial charge in [0.15, 0.2) is 13.9 Å². The number of benzene rings is 1. The molecular weight excluding hydrogens is 428 g/mol. The first-order valence-electron chi connectivity index (χ1n) is 9.05. The maximum absolute atomic E-state index is 12.8. The minimum atomic E-state index is -1.99. The van der Waals surface area contributed by atoms with E-state index < -0.39 is 25.5 Å². The second-order valence-corrected chi connectivity index (χ2v) is 15.0. The van der Waals surface area contributed by atoms with Gasteiger partial charge in [0.25, 0.3) is 5.91 Å². The highest BCUT2D eigenvalue weighted by molar-refractivity contribution is 9.10. The van der Waals surface area contributed by atoms with Gasteiger partial charge in [-0.25, -0.2) is 4.79 Å². The van der Waals surface area contributed by atoms with Crippen LogP contribution >= 0.6 is 15.9 Å². The van der Waals surface area contributed by atoms with Crippen LogP contribution in [0.3, 0.4) is 0 Å². The average Bonchev–Trinajstić information content (AvgIpc) is 2.80. The van der Waals surface area contributed by atoms with Crippen molar-refractivity contribution in [1.29, 1.82) is 0 Å². The summed E-state index contributed by atoms with van der Waals surface area (Å²) in [5.41, 5.74) is -1.24. The minimum absolute atomic E-state index is 0.0669. The molecule has 0 saturated carbocycles. The molecule has 3 amide bonds. The molecule has 1 saturated heterocycles. The van der Waals surface area contributed by atoms with Crippen molar-refractivity contribution in [2.45, 2.75) is 63.4 Å². The highest BCUT2D eigenvalue weighted by atomic mass is 79.9. The Labute approximate surface area is 169 Å². The quantitative estimate of drug-likeness (QED) is 0.533. The number of carbonyl (C=O) groups is 2. The molecule has 0 bridgehead atoms. The van der Waals surface area contributed by atoms with E-state index in [-0.39, 0.29) is 10.9 Å². The Kier molecular flexibility index (Phi) is 4.76. The Morgan fingerprint density at radius 1 is 1.30 bits per heavy atom. The third kappa shape index (κ3) is 3.54. The highest BCUT2D eigenvalue weighted by Crippen LogP contribution is 2.47. The third-order valence-corrected chi connectivity index (χ3v) is 10.9. The molecule has 2 unspecified atom stereocenters. The van der Waals surface area contributed by atoms with Crippen LogP contribution in [0.25, 0.3) is 0 Å². The predicted octanol–water partition coefficient (Wildman–Crippen LogP) is 4.05. The molecule has 6 nitrogen and oxygen atoms in total. The normalized spacial score (nSPS) is 27.8. The standard InChI is InChI=1S/C19H27BrN2O4Si/c1-17(2,3)27(5,6)25-11-18(4)10-19(15(23)21-16(24)22-19)13-9-12(20)7-8-14(13)26-18/h7-9H,10-11H2,1-6H3,(H2,21,22,23,24). The van der Waals surface area contributed by atoms with Crippen LogP contribution < -0.4 is 15.4 Å². The predicted molar refractivity (Wildman–Crippen MR) is 109 cm³/mol. The van der Waals surface area contributed by atoms with Crippen LogP contribution in [0.15, 0.2) is 22.7 Å². The summed E-state index contributed by atoms with van der Waals surface area (Å²) in [6.45, 7) is 13.2. The first kappa shape index (κ1) is 20.4. The third-order valence-electron chi connectivity index (χ3n) is 5.88. The zero-order valence-electron chi connectivity index (χ0n) is 16.7. The SMILES string of the molecule is CC1(CO[Si](C)(C)C(C)(C)C)CC2(NC(=O)NC2=O)c2cc(Br)ccc2O1. The van der Waals surface area contributed by atoms with Gasteiger partial charge in [-0.3, -0.25) is 10.1 Å². The number of hydrogen-bond donors (Lipinski definition) is 2. The molecule has 1 aromatic carbocycles. The van der Waals surface area contributed by atoms with Crippen molar-refractivity contribution < 1.29 is 18.8 Å². The second kappa shape index (κ2) is 6.32. The smallest absolute Gasteiger partial charge is 0.322 e. The van der Waals surface area contributed by atoms with Crippen molar-refractivity contribution in [2.24, 2.45) is 0 Å². The first-order valence-corrected chi connectivity index (χ1v) is 12.7. The van der Waals surface area contributed by atoms with Gasteiger partial charge in [0, 0.05) is 16.5 Å². The van der Waals surface area contributed by atoms with E-state index >= 15 is 0 Å². The van der Waals surface area contributed by atoms with Crippen molar-refractivity contribution in [1.82, 2.24) is 10.6 Å². The molecule has 1 fully saturated rings. The lowest BCUT2D eigenvalue weighted by Gasteiger charge is -2.46. The number of hydrogen-bond acceptors (Lipinski definition) is 4. The molecule has 27 heavy (non-hydrogen) atoms. The van der Waals surface area contributed by atoms with Gasteiger partial charge >= 0.3 is 6.03 Å². The molecule has 2 N–H and O–H groups in total. The highest BCUT2D eigenvalue weighted by Gasteiger charge is 2.57. The van der Waals surface area contributed by atoms with Crippen LogP contribution in [0, 0.1) is 0 Å². The van der Waals surface area contributed by atoms with Crippen LogP contribution in [0.2, 0.25) is 18.1 Å². The maximum atomic E-state index is 12.8. The van der Waals surface area contributed by atoms with Gasteiger partial charge in [0.1, 0.15) is 11.4 Å². The average molecular weight is 455 g/mol. The van der Waals surface area contributed by atoms with E-state index in [0.29, 0.717) is 24.3 Å². The van der Waals surface area contributed by atoms with Crippen LogP contribution in [0.4, 0.5) is 4.79 Å². The fraction of sp³-hybridized carbons (Fsp3) is 0.579. The minimum Gasteiger partial charge on any atom is -0.485 e. The Balaban J connectivity index is 1.97. The summed E-state index contributed by atoms with van der Waals surface area (Å²) in [5, 5.41) is 5.29. The largest absolute Gasteiger partial charge is 0.485 e. The lowest BCUT2D eigenvalue weighted by Crippen LogP contribution is -2.57. The molecule has 1 aromatic rings. The number of fused-ring (bicyclic) bond motifs is 2. The molecule has 8 heteroatoms. The summed E-state index contributed by atoms with van der Waals surface area (Å²) in [4.78, 5) is 24.7. The van der Waals surface area contributed by atoms with E-state index in [9.17, 15) is 9.59 Å². The van der Waals surface area contributed by atoms with Gasteiger partial charge in [-0.15, -0.1) is 0 Å². The number of urea groups is 1. The molecular formula is C19H27BrN2O4Si. The lowest BCUT2D eigenvalue weighted by atomic mass is 9.77. The van der Waals surface area contributed by atoms with Gasteiger partial charge in [-0.05, 0) is 43.3 Å². The van der Waals surface area contributed by atoms with Crippen LogP contribution in [0.1, 0.15) is 39.7 Å². The molecule has 1 spiro atoms. The number of halogens is 1. The topological polar surface area (TPSA) is 76.7 Å². The Morgan fingerprint density at radius 2 is 1.96 bits per heavy atom. The van der Waals surface area contributed by atoms with E-state index in [1.54, 1.807) is 0 Å². The molecule has 2 atom stereocenters. The van der Waals surface area contributed by atoms with Crippen molar-refractivity contribution >= 4 is 36.2 Å². The zero-order chi connectivity index (χ0) is 20.3. The number of ether oxygens (including phenoxy) is 1. The van der Waals surface area contributed by atoms with Crippen molar-refractivity contribution in [3.05, 3.63) is 28.2 Å². The van der Waals surface area contributed by atoms with Gasteiger partial charge in [-0.1, -0.05) is 36.7 Å². The summed E-state index contributed by atoms with van der Waals surface area (Å²) >= 11 is 3.44. The number of carbonyl (C=O) groups excluding carboxylic acids is 2. The molecule has 3 rings (SSSR count). The van der Waals surface area contributed by atoms with Crippen molar-refractivity contribution in [3.8, 4) is 5.75 Å². The fourth-order valence-electron chi connectivity index (χ4n) is 3.32. The van der Waals surface area contributed by atoms with Crippen LogP contribution in [-0.4, -0.2) is 32.5 Å². The number of amides is 3. The monoisotopic (exact) mass is 454 g/mol. The zero-order valence-corrected chi connectivity index (χ0v) is 19.2. The van der Waals surface area contributed by atoms with Crippen molar-refractivity contribution in [3.63, 3.8) is 0 Å². The van der Waals surface area contributed by atoms with Crippen molar-refractivity contribution in [2.75, 3.05) is 6.61 Å². The Morgan fingerprint density at radius 3 is 2.52 bits per heavy atom. The van der Waals surface area contributed by atoms with Crippen LogP contribution in [0.5, 0.6) is 5.75 Å². The maximum Gasteiger partial charge on any atom is 0.322 e. The molecule has 2 heterocycles. The number of rotatable bonds is 3. The van der Waals surface area contributed by atoms with E-state index in [1.165, 1.54) is 0 Å². The van der Waals surface area contributed by atoms with E-state index in [1.807, 2.05) is 25.1 Å². The van der Waals surface area contributed by atoms with E-state index in [4.69, 9.17) is 9.16 Å². The summed E-state index contributed by atoms with van der Waals surface area (Å²) in [5.74, 6) is 0.233. The van der Waals surface area contributed by atoms with E-state index in [2.05, 4.69) is 60.4 Å². The molecule has 0 aliphatic carbocycles. The molecule has 2 aliphatic rings. The number of imide groups is 1. The molecule has 148 valence electrons. The summed E-state index contributed by atoms with van der Waals surface area (Å²) in [6, 6.07) is 5.03. The van der Waals surface area contributed by atoms with Crippen LogP contribution in [-0.2, 0) is 14.8 Å². The van der Waals surface area contributed by atoms with E-state index in [0.717, 1.165) is 4.47 Å². The Bertz CT molecular complexity index is 807. The Hall–Kier alpha value is -1.38. The molecule has 0 aromatic heterocycles. The fourth-order valence-corrected chi connectivity index (χ4v) is 4.78. The summed E-state index contributed by atoms with van der Waals surface area (Å²) in [7, 11) is -1.99. The van der Waals surface area contributed by atoms with Gasteiger partial charge in [0.05, 0.1) is 6.61 Å². The van der Waals surface area contributed by atoms with Gasteiger partial charge in [-0.2, -0.15) is 0 Å². The summed E-state index contributed by atoms with van der Waals surface area (Å²) < 4.78 is 13.5. The first-order chi connectivity index (χ1) is 12.3. The number of nitrogens with one attached hydrogen (secondary N) is 2. The summed E-state index contributed by atoms with van der Waals surface area (Å²) in [6.07, 6.45) is 0.301. The molecule has 2 aliphatic heterocycles.